The van der Waals surface area contributed by atoms with E-state index in [1.807, 2.05) is 0 Å². The van der Waals surface area contributed by atoms with Gasteiger partial charge in [0.15, 0.2) is 0 Å². The number of nitrogens with one attached hydrogen (secondary N) is 1. The van der Waals surface area contributed by atoms with E-state index in [0.29, 0.717) is 6.42 Å². The molecule has 1 rings (SSSR count). The standard InChI is InChI=1S/C13H20N2O4/c1-19-8-11(17)7-15-13(18)12(14)6-9-2-4-10(16)5-3-9/h2-5,11-12,16-17H,6-8,14H2,1H3,(H,15,18)/t11?,12-/m1/s1. The predicted molar refractivity (Wildman–Crippen MR) is 70.7 cm³/mol. The van der Waals surface area contributed by atoms with Crippen LogP contribution in [-0.2, 0) is 16.0 Å². The van der Waals surface area contributed by atoms with Crippen LogP contribution in [0.3, 0.4) is 0 Å². The fraction of sp³-hybridized carbons (Fsp3) is 0.462. The highest BCUT2D eigenvalue weighted by molar-refractivity contribution is 5.81. The molecule has 1 amide bonds. The molecule has 6 nitrogen and oxygen atoms in total. The number of hydrogen-bond acceptors (Lipinski definition) is 5. The van der Waals surface area contributed by atoms with Crippen molar-refractivity contribution in [2.45, 2.75) is 18.6 Å². The molecule has 0 radical (unpaired) electrons. The lowest BCUT2D eigenvalue weighted by Gasteiger charge is -2.15. The maximum absolute atomic E-state index is 11.7. The van der Waals surface area contributed by atoms with Gasteiger partial charge in [-0.2, -0.15) is 0 Å². The van der Waals surface area contributed by atoms with Gasteiger partial charge in [-0.15, -0.1) is 0 Å². The Balaban J connectivity index is 2.38. The number of carbonyl (C=O) groups is 1. The van der Waals surface area contributed by atoms with Crippen LogP contribution >= 0.6 is 0 Å². The molecule has 6 heteroatoms. The lowest BCUT2D eigenvalue weighted by atomic mass is 10.1. The molecule has 0 spiro atoms. The summed E-state index contributed by atoms with van der Waals surface area (Å²) in [6, 6.07) is 5.81. The molecule has 2 atom stereocenters. The highest BCUT2D eigenvalue weighted by Gasteiger charge is 2.15. The molecule has 106 valence electrons. The first-order chi connectivity index (χ1) is 9.02. The monoisotopic (exact) mass is 268 g/mol. The number of carbonyl (C=O) groups excluding carboxylic acids is 1. The maximum atomic E-state index is 11.7. The number of aliphatic hydroxyl groups excluding tert-OH is 1. The van der Waals surface area contributed by atoms with E-state index in [2.05, 4.69) is 5.32 Å². The Hall–Kier alpha value is -1.63. The Morgan fingerprint density at radius 2 is 2.05 bits per heavy atom. The van der Waals surface area contributed by atoms with Crippen molar-refractivity contribution in [3.63, 3.8) is 0 Å². The second kappa shape index (κ2) is 7.73. The first kappa shape index (κ1) is 15.4. The van der Waals surface area contributed by atoms with Crippen LogP contribution in [-0.4, -0.2) is 48.5 Å². The Morgan fingerprint density at radius 3 is 2.63 bits per heavy atom. The molecule has 1 unspecified atom stereocenters. The molecular formula is C13H20N2O4. The summed E-state index contributed by atoms with van der Waals surface area (Å²) in [6.07, 6.45) is -0.373. The summed E-state index contributed by atoms with van der Waals surface area (Å²) < 4.78 is 4.75. The molecule has 0 fully saturated rings. The number of amides is 1. The Labute approximate surface area is 112 Å². The lowest BCUT2D eigenvalue weighted by Crippen LogP contribution is -2.45. The summed E-state index contributed by atoms with van der Waals surface area (Å²) in [7, 11) is 1.47. The number of nitrogens with two attached hydrogens (primary N) is 1. The van der Waals surface area contributed by atoms with E-state index in [-0.39, 0.29) is 24.8 Å². The average Bonchev–Trinajstić information content (AvgIpc) is 2.39. The maximum Gasteiger partial charge on any atom is 0.237 e. The average molecular weight is 268 g/mol. The number of aliphatic hydroxyl groups is 1. The number of phenols is 1. The summed E-state index contributed by atoms with van der Waals surface area (Å²) in [5, 5.41) is 21.1. The highest BCUT2D eigenvalue weighted by atomic mass is 16.5. The molecule has 19 heavy (non-hydrogen) atoms. The minimum absolute atomic E-state index is 0.107. The molecule has 0 aliphatic rings. The van der Waals surface area contributed by atoms with Gasteiger partial charge in [-0.1, -0.05) is 12.1 Å². The van der Waals surface area contributed by atoms with Gasteiger partial charge in [0.05, 0.1) is 18.8 Å². The molecule has 0 aromatic heterocycles. The van der Waals surface area contributed by atoms with Gasteiger partial charge in [0.2, 0.25) is 5.91 Å². The molecule has 0 aliphatic carbocycles. The van der Waals surface area contributed by atoms with Crippen LogP contribution in [0.1, 0.15) is 5.56 Å². The quantitative estimate of drug-likeness (QED) is 0.528. The Bertz CT molecular complexity index is 394. The smallest absolute Gasteiger partial charge is 0.237 e. The number of aromatic hydroxyl groups is 1. The summed E-state index contributed by atoms with van der Waals surface area (Å²) in [4.78, 5) is 11.7. The number of rotatable bonds is 7. The van der Waals surface area contributed by atoms with E-state index < -0.39 is 12.1 Å². The van der Waals surface area contributed by atoms with Crippen molar-refractivity contribution in [2.75, 3.05) is 20.3 Å². The van der Waals surface area contributed by atoms with Crippen LogP contribution in [0.15, 0.2) is 24.3 Å². The SMILES string of the molecule is COCC(O)CNC(=O)[C@H](N)Cc1ccc(O)cc1. The van der Waals surface area contributed by atoms with Crippen molar-refractivity contribution in [1.82, 2.24) is 5.32 Å². The molecule has 1 aromatic rings. The van der Waals surface area contributed by atoms with Crippen LogP contribution < -0.4 is 11.1 Å². The van der Waals surface area contributed by atoms with Crippen LogP contribution in [0.5, 0.6) is 5.75 Å². The zero-order valence-electron chi connectivity index (χ0n) is 10.9. The molecule has 0 saturated carbocycles. The summed E-state index contributed by atoms with van der Waals surface area (Å²) in [5.41, 5.74) is 6.62. The minimum Gasteiger partial charge on any atom is -0.508 e. The molecular weight excluding hydrogens is 248 g/mol. The third kappa shape index (κ3) is 5.69. The van der Waals surface area contributed by atoms with Gasteiger partial charge in [-0.25, -0.2) is 0 Å². The molecule has 1 aromatic carbocycles. The van der Waals surface area contributed by atoms with Gasteiger partial charge in [0.1, 0.15) is 5.75 Å². The third-order valence-corrected chi connectivity index (χ3v) is 2.60. The summed E-state index contributed by atoms with van der Waals surface area (Å²) in [5.74, 6) is -0.160. The normalized spacial score (nSPS) is 13.8. The van der Waals surface area contributed by atoms with Gasteiger partial charge < -0.3 is 26.0 Å². The van der Waals surface area contributed by atoms with Gasteiger partial charge in [0, 0.05) is 13.7 Å². The van der Waals surface area contributed by atoms with Crippen LogP contribution in [0, 0.1) is 0 Å². The fourth-order valence-electron chi connectivity index (χ4n) is 1.58. The van der Waals surface area contributed by atoms with E-state index in [1.54, 1.807) is 24.3 Å². The lowest BCUT2D eigenvalue weighted by molar-refractivity contribution is -0.122. The van der Waals surface area contributed by atoms with Crippen molar-refractivity contribution in [1.29, 1.82) is 0 Å². The Morgan fingerprint density at radius 1 is 1.42 bits per heavy atom. The molecule has 5 N–H and O–H groups in total. The predicted octanol–water partition coefficient (Wildman–Crippen LogP) is -0.614. The fourth-order valence-corrected chi connectivity index (χ4v) is 1.58. The summed E-state index contributed by atoms with van der Waals surface area (Å²) in [6.45, 7) is 0.267. The van der Waals surface area contributed by atoms with Gasteiger partial charge >= 0.3 is 0 Å². The first-order valence-corrected chi connectivity index (χ1v) is 6.01. The van der Waals surface area contributed by atoms with E-state index in [1.165, 1.54) is 7.11 Å². The number of methoxy groups -OCH3 is 1. The summed E-state index contributed by atoms with van der Waals surface area (Å²) >= 11 is 0. The second-order valence-corrected chi connectivity index (χ2v) is 4.33. The molecule has 0 heterocycles. The topological polar surface area (TPSA) is 105 Å². The van der Waals surface area contributed by atoms with E-state index >= 15 is 0 Å². The van der Waals surface area contributed by atoms with Crippen LogP contribution in [0.4, 0.5) is 0 Å². The number of phenolic OH excluding ortho intramolecular Hbond substituents is 1. The third-order valence-electron chi connectivity index (χ3n) is 2.60. The van der Waals surface area contributed by atoms with E-state index in [9.17, 15) is 9.90 Å². The van der Waals surface area contributed by atoms with Gasteiger partial charge in [-0.3, -0.25) is 4.79 Å². The van der Waals surface area contributed by atoms with Crippen LogP contribution in [0.2, 0.25) is 0 Å². The van der Waals surface area contributed by atoms with Crippen molar-refractivity contribution in [2.24, 2.45) is 5.73 Å². The minimum atomic E-state index is -0.741. The zero-order chi connectivity index (χ0) is 14.3. The molecule has 0 saturated heterocycles. The highest BCUT2D eigenvalue weighted by Crippen LogP contribution is 2.10. The van der Waals surface area contributed by atoms with E-state index in [4.69, 9.17) is 15.6 Å². The van der Waals surface area contributed by atoms with Crippen molar-refractivity contribution >= 4 is 5.91 Å². The van der Waals surface area contributed by atoms with Crippen molar-refractivity contribution < 1.29 is 19.7 Å². The second-order valence-electron chi connectivity index (χ2n) is 4.33. The van der Waals surface area contributed by atoms with Gasteiger partial charge in [0.25, 0.3) is 0 Å². The number of benzene rings is 1. The number of hydrogen-bond donors (Lipinski definition) is 4. The van der Waals surface area contributed by atoms with Crippen LogP contribution in [0.25, 0.3) is 0 Å². The molecule has 0 bridgehead atoms. The molecule has 0 aliphatic heterocycles. The van der Waals surface area contributed by atoms with Crippen molar-refractivity contribution in [3.8, 4) is 5.75 Å². The van der Waals surface area contributed by atoms with E-state index in [0.717, 1.165) is 5.56 Å². The number of ether oxygens (including phenoxy) is 1. The first-order valence-electron chi connectivity index (χ1n) is 6.01. The Kier molecular flexibility index (Phi) is 6.27. The zero-order valence-corrected chi connectivity index (χ0v) is 10.9. The largest absolute Gasteiger partial charge is 0.508 e. The van der Waals surface area contributed by atoms with Gasteiger partial charge in [-0.05, 0) is 24.1 Å². The van der Waals surface area contributed by atoms with Crippen molar-refractivity contribution in [3.05, 3.63) is 29.8 Å².